The van der Waals surface area contributed by atoms with Gasteiger partial charge in [0.25, 0.3) is 0 Å². The lowest BCUT2D eigenvalue weighted by atomic mass is 10.1. The Morgan fingerprint density at radius 3 is 2.41 bits per heavy atom. The van der Waals surface area contributed by atoms with Crippen LogP contribution in [0.15, 0.2) is 24.3 Å². The monoisotopic (exact) mass is 248 g/mol. The molecule has 0 saturated heterocycles. The summed E-state index contributed by atoms with van der Waals surface area (Å²) >= 11 is 1.86. The van der Waals surface area contributed by atoms with E-state index in [0.29, 0.717) is 5.25 Å². The molecule has 0 aliphatic heterocycles. The molecule has 1 nitrogen and oxygen atoms in total. The van der Waals surface area contributed by atoms with E-state index < -0.39 is 0 Å². The fourth-order valence-corrected chi connectivity index (χ4v) is 3.77. The van der Waals surface area contributed by atoms with Gasteiger partial charge in [0.1, 0.15) is 0 Å². The van der Waals surface area contributed by atoms with Crippen LogP contribution in [0.4, 0.5) is 0 Å². The zero-order chi connectivity index (χ0) is 12.3. The lowest BCUT2D eigenvalue weighted by Gasteiger charge is -2.15. The Kier molecular flexibility index (Phi) is 4.27. The topological polar surface area (TPSA) is 17.1 Å². The molecule has 0 radical (unpaired) electrons. The fourth-order valence-electron chi connectivity index (χ4n) is 2.33. The Hall–Kier alpha value is -0.760. The first-order valence-electron chi connectivity index (χ1n) is 6.43. The van der Waals surface area contributed by atoms with Crippen LogP contribution in [0.25, 0.3) is 0 Å². The second-order valence-electron chi connectivity index (χ2n) is 4.92. The van der Waals surface area contributed by atoms with Crippen LogP contribution >= 0.6 is 11.8 Å². The quantitative estimate of drug-likeness (QED) is 0.741. The van der Waals surface area contributed by atoms with E-state index in [-0.39, 0.29) is 11.0 Å². The SMILES string of the molecule is Cc1ccc(C(=O)C(C)SC2CCCC2)cc1. The molecule has 1 atom stereocenters. The average Bonchev–Trinajstić information content (AvgIpc) is 2.82. The molecule has 1 saturated carbocycles. The van der Waals surface area contributed by atoms with E-state index in [1.165, 1.54) is 31.2 Å². The van der Waals surface area contributed by atoms with E-state index in [4.69, 9.17) is 0 Å². The number of hydrogen-bond donors (Lipinski definition) is 0. The first kappa shape index (κ1) is 12.7. The Labute approximate surface area is 108 Å². The minimum absolute atomic E-state index is 0.0980. The average molecular weight is 248 g/mol. The molecular formula is C15H20OS. The third kappa shape index (κ3) is 3.35. The number of aryl methyl sites for hydroxylation is 1. The highest BCUT2D eigenvalue weighted by Crippen LogP contribution is 2.33. The summed E-state index contributed by atoms with van der Waals surface area (Å²) in [5.41, 5.74) is 2.06. The summed E-state index contributed by atoms with van der Waals surface area (Å²) in [5, 5.41) is 0.806. The van der Waals surface area contributed by atoms with Gasteiger partial charge in [-0.15, -0.1) is 11.8 Å². The molecule has 17 heavy (non-hydrogen) atoms. The zero-order valence-electron chi connectivity index (χ0n) is 10.6. The van der Waals surface area contributed by atoms with E-state index in [0.717, 1.165) is 5.56 Å². The highest BCUT2D eigenvalue weighted by Gasteiger charge is 2.22. The Morgan fingerprint density at radius 2 is 1.82 bits per heavy atom. The highest BCUT2D eigenvalue weighted by atomic mass is 32.2. The summed E-state index contributed by atoms with van der Waals surface area (Å²) in [5.74, 6) is 0.280. The molecule has 0 heterocycles. The van der Waals surface area contributed by atoms with Crippen LogP contribution in [-0.4, -0.2) is 16.3 Å². The fraction of sp³-hybridized carbons (Fsp3) is 0.533. The van der Waals surface area contributed by atoms with Crippen molar-refractivity contribution in [2.24, 2.45) is 0 Å². The number of hydrogen-bond acceptors (Lipinski definition) is 2. The summed E-state index contributed by atoms with van der Waals surface area (Å²) in [6.07, 6.45) is 5.25. The van der Waals surface area contributed by atoms with Crippen LogP contribution in [0.3, 0.4) is 0 Å². The second-order valence-corrected chi connectivity index (χ2v) is 6.56. The Balaban J connectivity index is 1.96. The number of thioether (sulfide) groups is 1. The highest BCUT2D eigenvalue weighted by molar-refractivity contribution is 8.01. The van der Waals surface area contributed by atoms with Crippen LogP contribution < -0.4 is 0 Å². The van der Waals surface area contributed by atoms with Crippen LogP contribution in [0.5, 0.6) is 0 Å². The maximum absolute atomic E-state index is 12.2. The van der Waals surface area contributed by atoms with E-state index >= 15 is 0 Å². The van der Waals surface area contributed by atoms with Crippen molar-refractivity contribution in [3.8, 4) is 0 Å². The summed E-state index contributed by atoms with van der Waals surface area (Å²) in [6, 6.07) is 7.92. The van der Waals surface area contributed by atoms with Gasteiger partial charge < -0.3 is 0 Å². The first-order chi connectivity index (χ1) is 8.16. The van der Waals surface area contributed by atoms with Crippen molar-refractivity contribution in [2.45, 2.75) is 50.0 Å². The molecule has 2 rings (SSSR count). The summed E-state index contributed by atoms with van der Waals surface area (Å²) in [4.78, 5) is 12.2. The smallest absolute Gasteiger partial charge is 0.175 e. The normalized spacial score (nSPS) is 18.2. The minimum atomic E-state index is 0.0980. The van der Waals surface area contributed by atoms with Crippen LogP contribution in [0, 0.1) is 6.92 Å². The molecule has 1 unspecified atom stereocenters. The Morgan fingerprint density at radius 1 is 1.24 bits per heavy atom. The molecule has 1 aromatic rings. The van der Waals surface area contributed by atoms with Gasteiger partial charge in [0.2, 0.25) is 0 Å². The van der Waals surface area contributed by atoms with Gasteiger partial charge in [0.05, 0.1) is 5.25 Å². The van der Waals surface area contributed by atoms with Gasteiger partial charge >= 0.3 is 0 Å². The zero-order valence-corrected chi connectivity index (χ0v) is 11.4. The van der Waals surface area contributed by atoms with Gasteiger partial charge in [-0.05, 0) is 26.7 Å². The summed E-state index contributed by atoms with van der Waals surface area (Å²) in [7, 11) is 0. The lowest BCUT2D eigenvalue weighted by molar-refractivity contribution is 0.0994. The van der Waals surface area contributed by atoms with E-state index in [1.54, 1.807) is 0 Å². The van der Waals surface area contributed by atoms with Gasteiger partial charge in [-0.2, -0.15) is 0 Å². The molecule has 1 aliphatic carbocycles. The summed E-state index contributed by atoms with van der Waals surface area (Å²) < 4.78 is 0. The molecule has 92 valence electrons. The predicted molar refractivity (Wildman–Crippen MR) is 74.8 cm³/mol. The Bertz CT molecular complexity index is 376. The number of Topliss-reactive ketones (excluding diaryl/α,β-unsaturated/α-hetero) is 1. The van der Waals surface area contributed by atoms with E-state index in [1.807, 2.05) is 49.9 Å². The van der Waals surface area contributed by atoms with Gasteiger partial charge in [-0.1, -0.05) is 42.7 Å². The maximum atomic E-state index is 12.2. The molecule has 0 aromatic heterocycles. The van der Waals surface area contributed by atoms with Crippen molar-refractivity contribution in [3.63, 3.8) is 0 Å². The maximum Gasteiger partial charge on any atom is 0.175 e. The molecule has 0 amide bonds. The molecule has 1 fully saturated rings. The predicted octanol–water partition coefficient (Wildman–Crippen LogP) is 4.24. The number of ketones is 1. The largest absolute Gasteiger partial charge is 0.293 e. The minimum Gasteiger partial charge on any atom is -0.293 e. The van der Waals surface area contributed by atoms with Crippen LogP contribution in [0.2, 0.25) is 0 Å². The van der Waals surface area contributed by atoms with Gasteiger partial charge in [0, 0.05) is 10.8 Å². The first-order valence-corrected chi connectivity index (χ1v) is 7.37. The van der Waals surface area contributed by atoms with Crippen LogP contribution in [-0.2, 0) is 0 Å². The van der Waals surface area contributed by atoms with E-state index in [2.05, 4.69) is 0 Å². The molecular weight excluding hydrogens is 228 g/mol. The van der Waals surface area contributed by atoms with Crippen molar-refractivity contribution in [3.05, 3.63) is 35.4 Å². The second kappa shape index (κ2) is 5.72. The number of carbonyl (C=O) groups is 1. The standard InChI is InChI=1S/C15H20OS/c1-11-7-9-13(10-8-11)15(16)12(2)17-14-5-3-4-6-14/h7-10,12,14H,3-6H2,1-2H3. The van der Waals surface area contributed by atoms with Crippen molar-refractivity contribution in [2.75, 3.05) is 0 Å². The van der Waals surface area contributed by atoms with Crippen molar-refractivity contribution < 1.29 is 4.79 Å². The third-order valence-electron chi connectivity index (χ3n) is 3.40. The van der Waals surface area contributed by atoms with Crippen molar-refractivity contribution in [1.29, 1.82) is 0 Å². The van der Waals surface area contributed by atoms with Crippen molar-refractivity contribution in [1.82, 2.24) is 0 Å². The molecule has 1 aliphatic rings. The van der Waals surface area contributed by atoms with Crippen molar-refractivity contribution >= 4 is 17.5 Å². The molecule has 0 N–H and O–H groups in total. The third-order valence-corrected chi connectivity index (χ3v) is 4.88. The molecule has 0 bridgehead atoms. The summed E-state index contributed by atoms with van der Waals surface area (Å²) in [6.45, 7) is 4.09. The molecule has 2 heteroatoms. The van der Waals surface area contributed by atoms with E-state index in [9.17, 15) is 4.79 Å². The number of carbonyl (C=O) groups excluding carboxylic acids is 1. The van der Waals surface area contributed by atoms with Gasteiger partial charge in [-0.25, -0.2) is 0 Å². The van der Waals surface area contributed by atoms with Gasteiger partial charge in [-0.3, -0.25) is 4.79 Å². The van der Waals surface area contributed by atoms with Gasteiger partial charge in [0.15, 0.2) is 5.78 Å². The number of rotatable bonds is 4. The van der Waals surface area contributed by atoms with Crippen LogP contribution in [0.1, 0.15) is 48.5 Å². The lowest BCUT2D eigenvalue weighted by Crippen LogP contribution is -2.16. The number of benzene rings is 1. The molecule has 0 spiro atoms. The molecule has 1 aromatic carbocycles.